The fourth-order valence-electron chi connectivity index (χ4n) is 0.741. The van der Waals surface area contributed by atoms with E-state index < -0.39 is 18.5 Å². The van der Waals surface area contributed by atoms with E-state index in [4.69, 9.17) is 0 Å². The van der Waals surface area contributed by atoms with Crippen molar-refractivity contribution in [1.82, 2.24) is 4.98 Å². The topological polar surface area (TPSA) is 65.5 Å². The minimum absolute atomic E-state index is 0.163. The van der Waals surface area contributed by atoms with E-state index in [9.17, 15) is 9.59 Å². The monoisotopic (exact) mass is 195 g/mol. The van der Waals surface area contributed by atoms with Crippen molar-refractivity contribution in [2.75, 3.05) is 13.7 Å². The summed E-state index contributed by atoms with van der Waals surface area (Å²) >= 11 is 0. The third kappa shape index (κ3) is 2.85. The van der Waals surface area contributed by atoms with Gasteiger partial charge in [0.25, 0.3) is 0 Å². The van der Waals surface area contributed by atoms with E-state index in [1.165, 1.54) is 19.4 Å². The third-order valence-corrected chi connectivity index (χ3v) is 1.42. The van der Waals surface area contributed by atoms with Gasteiger partial charge in [-0.1, -0.05) is 6.07 Å². The summed E-state index contributed by atoms with van der Waals surface area (Å²) in [6.45, 7) is -0.397. The number of ether oxygens (including phenoxy) is 2. The van der Waals surface area contributed by atoms with Gasteiger partial charge in [-0.2, -0.15) is 0 Å². The number of aromatic nitrogens is 1. The highest BCUT2D eigenvalue weighted by Gasteiger charge is 2.10. The second-order valence-corrected chi connectivity index (χ2v) is 2.37. The molecule has 0 saturated heterocycles. The van der Waals surface area contributed by atoms with Crippen molar-refractivity contribution in [1.29, 1.82) is 0 Å². The highest BCUT2D eigenvalue weighted by molar-refractivity contribution is 5.88. The lowest BCUT2D eigenvalue weighted by Crippen LogP contribution is -2.15. The van der Waals surface area contributed by atoms with Crippen LogP contribution in [-0.2, 0) is 14.3 Å². The Bertz CT molecular complexity index is 323. The van der Waals surface area contributed by atoms with Gasteiger partial charge in [0.1, 0.15) is 5.69 Å². The third-order valence-electron chi connectivity index (χ3n) is 1.42. The fraction of sp³-hybridized carbons (Fsp3) is 0.222. The van der Waals surface area contributed by atoms with Crippen molar-refractivity contribution in [2.24, 2.45) is 0 Å². The number of carbonyl (C=O) groups excluding carboxylic acids is 2. The van der Waals surface area contributed by atoms with Gasteiger partial charge in [-0.3, -0.25) is 0 Å². The largest absolute Gasteiger partial charge is 0.466 e. The van der Waals surface area contributed by atoms with E-state index in [0.29, 0.717) is 0 Å². The summed E-state index contributed by atoms with van der Waals surface area (Å²) in [4.78, 5) is 25.6. The summed E-state index contributed by atoms with van der Waals surface area (Å²) < 4.78 is 8.90. The van der Waals surface area contributed by atoms with Crippen LogP contribution in [0.25, 0.3) is 0 Å². The maximum atomic E-state index is 11.2. The maximum Gasteiger partial charge on any atom is 0.357 e. The molecule has 0 saturated carbocycles. The lowest BCUT2D eigenvalue weighted by Gasteiger charge is -2.01. The van der Waals surface area contributed by atoms with E-state index >= 15 is 0 Å². The molecule has 0 amide bonds. The van der Waals surface area contributed by atoms with Crippen molar-refractivity contribution in [3.05, 3.63) is 30.1 Å². The zero-order valence-electron chi connectivity index (χ0n) is 7.60. The average molecular weight is 195 g/mol. The van der Waals surface area contributed by atoms with Crippen LogP contribution in [0.1, 0.15) is 10.5 Å². The van der Waals surface area contributed by atoms with E-state index in [-0.39, 0.29) is 5.69 Å². The molecule has 0 bridgehead atoms. The standard InChI is InChI=1S/C9H9NO4/c1-13-8(11)6-14-9(12)7-4-2-3-5-10-7/h2-5H,6H2,1H3. The highest BCUT2D eigenvalue weighted by Crippen LogP contribution is 1.96. The Morgan fingerprint density at radius 2 is 2.21 bits per heavy atom. The maximum absolute atomic E-state index is 11.2. The molecular formula is C9H9NO4. The van der Waals surface area contributed by atoms with Crippen LogP contribution in [0.3, 0.4) is 0 Å². The molecule has 0 atom stereocenters. The lowest BCUT2D eigenvalue weighted by molar-refractivity contribution is -0.144. The number of hydrogen-bond donors (Lipinski definition) is 0. The van der Waals surface area contributed by atoms with Gasteiger partial charge in [0.05, 0.1) is 7.11 Å². The normalized spacial score (nSPS) is 9.21. The van der Waals surface area contributed by atoms with Gasteiger partial charge >= 0.3 is 11.9 Å². The molecule has 0 N–H and O–H groups in total. The Morgan fingerprint density at radius 1 is 1.43 bits per heavy atom. The predicted octanol–water partition coefficient (Wildman–Crippen LogP) is 0.411. The van der Waals surface area contributed by atoms with Crippen LogP contribution in [0.2, 0.25) is 0 Å². The molecule has 0 aromatic carbocycles. The van der Waals surface area contributed by atoms with Crippen molar-refractivity contribution in [3.63, 3.8) is 0 Å². The summed E-state index contributed by atoms with van der Waals surface area (Å²) in [5, 5.41) is 0. The smallest absolute Gasteiger partial charge is 0.357 e. The lowest BCUT2D eigenvalue weighted by atomic mass is 10.4. The average Bonchev–Trinajstić information content (AvgIpc) is 2.26. The number of carbonyl (C=O) groups is 2. The van der Waals surface area contributed by atoms with Gasteiger partial charge in [0, 0.05) is 6.20 Å². The molecule has 0 aliphatic rings. The van der Waals surface area contributed by atoms with E-state index in [1.807, 2.05) is 0 Å². The number of esters is 2. The molecule has 0 fully saturated rings. The number of methoxy groups -OCH3 is 1. The van der Waals surface area contributed by atoms with Crippen LogP contribution >= 0.6 is 0 Å². The molecule has 0 aliphatic heterocycles. The molecule has 1 heterocycles. The van der Waals surface area contributed by atoms with Crippen LogP contribution < -0.4 is 0 Å². The first-order valence-electron chi connectivity index (χ1n) is 3.89. The van der Waals surface area contributed by atoms with E-state index in [1.54, 1.807) is 12.1 Å². The molecule has 5 nitrogen and oxygen atoms in total. The molecule has 0 radical (unpaired) electrons. The Kier molecular flexibility index (Phi) is 3.60. The van der Waals surface area contributed by atoms with Gasteiger partial charge in [0.15, 0.2) is 6.61 Å². The summed E-state index contributed by atoms with van der Waals surface area (Å²) in [6, 6.07) is 4.83. The second-order valence-electron chi connectivity index (χ2n) is 2.37. The van der Waals surface area contributed by atoms with Crippen LogP contribution in [0.5, 0.6) is 0 Å². The van der Waals surface area contributed by atoms with Gasteiger partial charge < -0.3 is 9.47 Å². The number of pyridine rings is 1. The van der Waals surface area contributed by atoms with Crippen LogP contribution in [0.4, 0.5) is 0 Å². The molecular weight excluding hydrogens is 186 g/mol. The molecule has 1 aromatic rings. The van der Waals surface area contributed by atoms with Crippen molar-refractivity contribution < 1.29 is 19.1 Å². The Labute approximate surface area is 80.7 Å². The predicted molar refractivity (Wildman–Crippen MR) is 46.5 cm³/mol. The zero-order valence-corrected chi connectivity index (χ0v) is 7.60. The molecule has 1 rings (SSSR count). The molecule has 5 heteroatoms. The molecule has 1 aromatic heterocycles. The molecule has 14 heavy (non-hydrogen) atoms. The summed E-state index contributed by atoms with van der Waals surface area (Å²) in [5.74, 6) is -1.25. The highest BCUT2D eigenvalue weighted by atomic mass is 16.6. The van der Waals surface area contributed by atoms with Gasteiger partial charge in [-0.25, -0.2) is 14.6 Å². The van der Waals surface area contributed by atoms with Gasteiger partial charge in [0.2, 0.25) is 0 Å². The number of rotatable bonds is 3. The minimum Gasteiger partial charge on any atom is -0.466 e. The van der Waals surface area contributed by atoms with Crippen molar-refractivity contribution in [3.8, 4) is 0 Å². The number of hydrogen-bond acceptors (Lipinski definition) is 5. The Morgan fingerprint density at radius 3 is 2.79 bits per heavy atom. The molecule has 0 unspecified atom stereocenters. The first-order chi connectivity index (χ1) is 6.74. The van der Waals surface area contributed by atoms with Crippen LogP contribution in [-0.4, -0.2) is 30.6 Å². The van der Waals surface area contributed by atoms with E-state index in [0.717, 1.165) is 0 Å². The second kappa shape index (κ2) is 4.96. The summed E-state index contributed by atoms with van der Waals surface area (Å²) in [6.07, 6.45) is 1.47. The summed E-state index contributed by atoms with van der Waals surface area (Å²) in [5.41, 5.74) is 0.163. The van der Waals surface area contributed by atoms with Crippen molar-refractivity contribution in [2.45, 2.75) is 0 Å². The van der Waals surface area contributed by atoms with Gasteiger partial charge in [-0.15, -0.1) is 0 Å². The Balaban J connectivity index is 2.48. The first kappa shape index (κ1) is 10.2. The molecule has 74 valence electrons. The van der Waals surface area contributed by atoms with E-state index in [2.05, 4.69) is 14.5 Å². The van der Waals surface area contributed by atoms with Gasteiger partial charge in [-0.05, 0) is 12.1 Å². The molecule has 0 spiro atoms. The zero-order chi connectivity index (χ0) is 10.4. The first-order valence-corrected chi connectivity index (χ1v) is 3.89. The SMILES string of the molecule is COC(=O)COC(=O)c1ccccn1. The van der Waals surface area contributed by atoms with Crippen molar-refractivity contribution >= 4 is 11.9 Å². The van der Waals surface area contributed by atoms with Crippen LogP contribution in [0, 0.1) is 0 Å². The van der Waals surface area contributed by atoms with Crippen LogP contribution in [0.15, 0.2) is 24.4 Å². The summed E-state index contributed by atoms with van der Waals surface area (Å²) in [7, 11) is 1.22. The molecule has 0 aliphatic carbocycles. The minimum atomic E-state index is -0.643. The fourth-order valence-corrected chi connectivity index (χ4v) is 0.741. The number of nitrogens with zero attached hydrogens (tertiary/aromatic N) is 1. The Hall–Kier alpha value is -1.91. The quantitative estimate of drug-likeness (QED) is 0.653.